The molecule has 0 spiro atoms. The summed E-state index contributed by atoms with van der Waals surface area (Å²) in [6, 6.07) is 0. The fourth-order valence-electron chi connectivity index (χ4n) is 10.3. The lowest BCUT2D eigenvalue weighted by molar-refractivity contribution is -0.870. The SMILES string of the molecule is CC/C=C\C/C=C\C/C=C\C/C=C\CCCCCCCCCCCCCCC(=O)OC(COC(=O)CCCCCCCCCCCCCCCCCCCCCCCCCCCCCCCCC)COC(OCC[N+](C)(C)C)C(=O)[O-]. The second-order valence-corrected chi connectivity index (χ2v) is 24.8. The molecule has 0 aromatic rings. The second kappa shape index (κ2) is 63.3. The van der Waals surface area contributed by atoms with Gasteiger partial charge in [-0.1, -0.05) is 319 Å². The van der Waals surface area contributed by atoms with Crippen LogP contribution < -0.4 is 5.11 Å². The van der Waals surface area contributed by atoms with Gasteiger partial charge in [0, 0.05) is 12.8 Å². The molecule has 0 aliphatic heterocycles. The molecule has 474 valence electrons. The highest BCUT2D eigenvalue weighted by Gasteiger charge is 2.22. The van der Waals surface area contributed by atoms with Gasteiger partial charge in [-0.25, -0.2) is 0 Å². The zero-order chi connectivity index (χ0) is 59.1. The van der Waals surface area contributed by atoms with Crippen LogP contribution in [0.15, 0.2) is 48.6 Å². The van der Waals surface area contributed by atoms with Crippen LogP contribution in [0.3, 0.4) is 0 Å². The summed E-state index contributed by atoms with van der Waals surface area (Å²) in [6.07, 6.45) is 77.7. The number of carbonyl (C=O) groups is 3. The van der Waals surface area contributed by atoms with E-state index in [0.29, 0.717) is 23.9 Å². The quantitative estimate of drug-likeness (QED) is 0.0195. The fourth-order valence-corrected chi connectivity index (χ4v) is 10.3. The van der Waals surface area contributed by atoms with Gasteiger partial charge in [-0.15, -0.1) is 0 Å². The summed E-state index contributed by atoms with van der Waals surface area (Å²) in [5.74, 6) is -2.26. The Morgan fingerprint density at radius 3 is 1.05 bits per heavy atom. The first-order valence-electron chi connectivity index (χ1n) is 34.8. The first-order chi connectivity index (χ1) is 39.6. The Bertz CT molecular complexity index is 1470. The predicted octanol–water partition coefficient (Wildman–Crippen LogP) is 20.0. The number of carbonyl (C=O) groups excluding carboxylic acids is 3. The Hall–Kier alpha value is -2.75. The van der Waals surface area contributed by atoms with E-state index in [1.165, 1.54) is 238 Å². The van der Waals surface area contributed by atoms with Gasteiger partial charge in [0.25, 0.3) is 0 Å². The lowest BCUT2D eigenvalue weighted by Gasteiger charge is -2.26. The van der Waals surface area contributed by atoms with Crippen LogP contribution in [0, 0.1) is 0 Å². The number of nitrogens with zero attached hydrogens (tertiary/aromatic N) is 1. The van der Waals surface area contributed by atoms with E-state index in [2.05, 4.69) is 62.5 Å². The summed E-state index contributed by atoms with van der Waals surface area (Å²) >= 11 is 0. The number of rotatable bonds is 65. The van der Waals surface area contributed by atoms with Gasteiger partial charge >= 0.3 is 11.9 Å². The molecule has 0 saturated carbocycles. The van der Waals surface area contributed by atoms with Crippen LogP contribution in [0.5, 0.6) is 0 Å². The van der Waals surface area contributed by atoms with Gasteiger partial charge in [-0.3, -0.25) is 9.59 Å². The number of unbranched alkanes of at least 4 members (excludes halogenated alkanes) is 42. The van der Waals surface area contributed by atoms with Crippen LogP contribution in [0.4, 0.5) is 0 Å². The molecule has 9 heteroatoms. The maximum absolute atomic E-state index is 12.9. The summed E-state index contributed by atoms with van der Waals surface area (Å²) in [4.78, 5) is 37.5. The third-order valence-electron chi connectivity index (χ3n) is 15.6. The largest absolute Gasteiger partial charge is 0.545 e. The van der Waals surface area contributed by atoms with E-state index in [1.807, 2.05) is 21.1 Å². The molecule has 9 nitrogen and oxygen atoms in total. The molecule has 2 atom stereocenters. The third kappa shape index (κ3) is 64.7. The lowest BCUT2D eigenvalue weighted by atomic mass is 10.0. The van der Waals surface area contributed by atoms with E-state index in [9.17, 15) is 19.5 Å². The Labute approximate surface area is 502 Å². The van der Waals surface area contributed by atoms with Gasteiger partial charge in [-0.05, 0) is 51.4 Å². The summed E-state index contributed by atoms with van der Waals surface area (Å²) in [6.45, 7) is 4.69. The molecule has 0 saturated heterocycles. The molecule has 0 bridgehead atoms. The average molecular weight is 1140 g/mol. The van der Waals surface area contributed by atoms with Crippen molar-refractivity contribution < 1.29 is 42.9 Å². The molecule has 0 N–H and O–H groups in total. The number of likely N-dealkylation sites (N-methyl/N-ethyl adjacent to an activating group) is 1. The number of carboxylic acid groups (broad SMARTS) is 1. The zero-order valence-electron chi connectivity index (χ0n) is 54.2. The van der Waals surface area contributed by atoms with Crippen LogP contribution in [0.2, 0.25) is 0 Å². The minimum Gasteiger partial charge on any atom is -0.545 e. The van der Waals surface area contributed by atoms with Crippen LogP contribution >= 0.6 is 0 Å². The Morgan fingerprint density at radius 2 is 0.704 bits per heavy atom. The summed E-state index contributed by atoms with van der Waals surface area (Å²) in [5, 5.41) is 11.8. The van der Waals surface area contributed by atoms with Crippen LogP contribution in [0.1, 0.15) is 335 Å². The van der Waals surface area contributed by atoms with Crippen molar-refractivity contribution in [1.29, 1.82) is 0 Å². The highest BCUT2D eigenvalue weighted by molar-refractivity contribution is 5.70. The van der Waals surface area contributed by atoms with E-state index in [-0.39, 0.29) is 32.2 Å². The second-order valence-electron chi connectivity index (χ2n) is 24.8. The number of esters is 2. The molecular formula is C72H133NO8. The van der Waals surface area contributed by atoms with Crippen molar-refractivity contribution in [2.45, 2.75) is 347 Å². The number of hydrogen-bond acceptors (Lipinski definition) is 8. The lowest BCUT2D eigenvalue weighted by Crippen LogP contribution is -2.44. The number of allylic oxidation sites excluding steroid dienone is 8. The number of hydrogen-bond donors (Lipinski definition) is 0. The molecule has 0 aromatic carbocycles. The molecule has 0 aromatic heterocycles. The first-order valence-corrected chi connectivity index (χ1v) is 34.8. The Morgan fingerprint density at radius 1 is 0.383 bits per heavy atom. The van der Waals surface area contributed by atoms with Crippen molar-refractivity contribution in [2.75, 3.05) is 47.5 Å². The van der Waals surface area contributed by atoms with E-state index >= 15 is 0 Å². The van der Waals surface area contributed by atoms with Gasteiger partial charge < -0.3 is 33.3 Å². The molecule has 2 unspecified atom stereocenters. The van der Waals surface area contributed by atoms with Crippen LogP contribution in [-0.4, -0.2) is 82.3 Å². The van der Waals surface area contributed by atoms with Crippen LogP contribution in [0.25, 0.3) is 0 Å². The molecular weight excluding hydrogens is 1010 g/mol. The van der Waals surface area contributed by atoms with Crippen molar-refractivity contribution in [3.05, 3.63) is 48.6 Å². The summed E-state index contributed by atoms with van der Waals surface area (Å²) in [7, 11) is 5.94. The fraction of sp³-hybridized carbons (Fsp3) is 0.847. The summed E-state index contributed by atoms with van der Waals surface area (Å²) < 4.78 is 22.8. The monoisotopic (exact) mass is 1140 g/mol. The average Bonchev–Trinajstić information content (AvgIpc) is 3.44. The van der Waals surface area contributed by atoms with Gasteiger partial charge in [0.05, 0.1) is 40.3 Å². The number of aliphatic carboxylic acids is 1. The predicted molar refractivity (Wildman–Crippen MR) is 343 cm³/mol. The van der Waals surface area contributed by atoms with Crippen molar-refractivity contribution in [2.24, 2.45) is 0 Å². The Balaban J connectivity index is 4.06. The van der Waals surface area contributed by atoms with Crippen molar-refractivity contribution in [3.63, 3.8) is 0 Å². The van der Waals surface area contributed by atoms with Crippen LogP contribution in [-0.2, 0) is 33.3 Å². The zero-order valence-corrected chi connectivity index (χ0v) is 54.2. The molecule has 81 heavy (non-hydrogen) atoms. The first kappa shape index (κ1) is 78.2. The minimum atomic E-state index is -1.62. The molecule has 0 radical (unpaired) electrons. The number of quaternary nitrogens is 1. The van der Waals surface area contributed by atoms with E-state index in [0.717, 1.165) is 64.2 Å². The standard InChI is InChI=1S/C72H133NO8/c1-6-8-10-12-14-16-18-20-22-24-26-28-30-32-33-34-35-36-37-39-40-42-44-46-48-50-52-54-56-58-60-62-69(74)79-66-68(67-80-72(71(76)77)78-65-64-73(3,4)5)81-70(75)63-61-59-57-55-53-51-49-47-45-43-41-38-31-29-27-25-23-21-19-17-15-13-11-9-7-2/h9,11,15,17,21,23,27,29,68,72H,6-8,10,12-14,16,18-20,22,24-26,28,30-67H2,1-5H3/b11-9-,17-15-,23-21-,29-27-. The maximum Gasteiger partial charge on any atom is 0.306 e. The van der Waals surface area contributed by atoms with E-state index in [4.69, 9.17) is 18.9 Å². The Kier molecular flexibility index (Phi) is 61.1. The van der Waals surface area contributed by atoms with Gasteiger partial charge in [0.15, 0.2) is 12.4 Å². The molecule has 0 amide bonds. The molecule has 0 rings (SSSR count). The molecule has 0 aliphatic carbocycles. The highest BCUT2D eigenvalue weighted by atomic mass is 16.7. The highest BCUT2D eigenvalue weighted by Crippen LogP contribution is 2.19. The van der Waals surface area contributed by atoms with Gasteiger partial charge in [0.1, 0.15) is 13.2 Å². The third-order valence-corrected chi connectivity index (χ3v) is 15.6. The van der Waals surface area contributed by atoms with E-state index < -0.39 is 24.3 Å². The normalized spacial score (nSPS) is 13.0. The van der Waals surface area contributed by atoms with Crippen molar-refractivity contribution >= 4 is 17.9 Å². The molecule has 0 aliphatic rings. The molecule has 0 heterocycles. The van der Waals surface area contributed by atoms with Gasteiger partial charge in [-0.2, -0.15) is 0 Å². The maximum atomic E-state index is 12.9. The number of carboxylic acids is 1. The summed E-state index contributed by atoms with van der Waals surface area (Å²) in [5.41, 5.74) is 0. The molecule has 0 fully saturated rings. The minimum absolute atomic E-state index is 0.148. The number of ether oxygens (including phenoxy) is 4. The topological polar surface area (TPSA) is 111 Å². The van der Waals surface area contributed by atoms with Crippen molar-refractivity contribution in [1.82, 2.24) is 0 Å². The smallest absolute Gasteiger partial charge is 0.306 e. The van der Waals surface area contributed by atoms with E-state index in [1.54, 1.807) is 0 Å². The van der Waals surface area contributed by atoms with Gasteiger partial charge in [0.2, 0.25) is 0 Å². The van der Waals surface area contributed by atoms with Crippen molar-refractivity contribution in [3.8, 4) is 0 Å².